The second kappa shape index (κ2) is 6.29. The maximum Gasteiger partial charge on any atom is 0.337 e. The molecule has 0 radical (unpaired) electrons. The summed E-state index contributed by atoms with van der Waals surface area (Å²) >= 11 is 0. The SMILES string of the molecule is COC(=O)c1cccc(NS(=O)(=O)c2ccc(F)c(F)c2F)c1. The Morgan fingerprint density at radius 1 is 1.09 bits per heavy atom. The number of carbonyl (C=O) groups is 1. The molecule has 0 aliphatic rings. The van der Waals surface area contributed by atoms with Crippen molar-refractivity contribution >= 4 is 21.7 Å². The van der Waals surface area contributed by atoms with Crippen molar-refractivity contribution in [2.45, 2.75) is 4.90 Å². The molecule has 0 atom stereocenters. The molecule has 0 aliphatic carbocycles. The van der Waals surface area contributed by atoms with Crippen LogP contribution in [-0.4, -0.2) is 21.5 Å². The fourth-order valence-corrected chi connectivity index (χ4v) is 2.87. The molecule has 2 aromatic carbocycles. The largest absolute Gasteiger partial charge is 0.465 e. The van der Waals surface area contributed by atoms with Gasteiger partial charge in [0.05, 0.1) is 12.7 Å². The summed E-state index contributed by atoms with van der Waals surface area (Å²) in [5.41, 5.74) is -0.0181. The zero-order chi connectivity index (χ0) is 17.2. The fraction of sp³-hybridized carbons (Fsp3) is 0.0714. The maximum atomic E-state index is 13.6. The molecule has 1 N–H and O–H groups in total. The zero-order valence-electron chi connectivity index (χ0n) is 11.6. The number of esters is 1. The Bertz CT molecular complexity index is 868. The van der Waals surface area contributed by atoms with Crippen LogP contribution in [0.15, 0.2) is 41.3 Å². The second-order valence-electron chi connectivity index (χ2n) is 4.35. The molecule has 0 bridgehead atoms. The van der Waals surface area contributed by atoms with Crippen LogP contribution in [0, 0.1) is 17.5 Å². The molecule has 0 aliphatic heterocycles. The molecule has 2 aromatic rings. The molecule has 122 valence electrons. The van der Waals surface area contributed by atoms with Crippen molar-refractivity contribution in [1.82, 2.24) is 0 Å². The summed E-state index contributed by atoms with van der Waals surface area (Å²) in [6, 6.07) is 6.29. The lowest BCUT2D eigenvalue weighted by Gasteiger charge is -2.10. The normalized spacial score (nSPS) is 11.1. The third-order valence-electron chi connectivity index (χ3n) is 2.83. The molecule has 0 aromatic heterocycles. The lowest BCUT2D eigenvalue weighted by atomic mass is 10.2. The van der Waals surface area contributed by atoms with Crippen LogP contribution in [-0.2, 0) is 14.8 Å². The number of anilines is 1. The van der Waals surface area contributed by atoms with E-state index < -0.39 is 38.3 Å². The van der Waals surface area contributed by atoms with E-state index in [2.05, 4.69) is 4.74 Å². The zero-order valence-corrected chi connectivity index (χ0v) is 12.5. The number of hydrogen-bond acceptors (Lipinski definition) is 4. The highest BCUT2D eigenvalue weighted by molar-refractivity contribution is 7.92. The van der Waals surface area contributed by atoms with Crippen molar-refractivity contribution in [3.05, 3.63) is 59.4 Å². The van der Waals surface area contributed by atoms with Gasteiger partial charge in [0.1, 0.15) is 4.90 Å². The Hall–Kier alpha value is -2.55. The average molecular weight is 345 g/mol. The van der Waals surface area contributed by atoms with E-state index in [1.54, 1.807) is 0 Å². The standard InChI is InChI=1S/C14H10F3NO4S/c1-22-14(19)8-3-2-4-9(7-8)18-23(20,21)11-6-5-10(15)12(16)13(11)17/h2-7,18H,1H3. The minimum absolute atomic E-state index is 0.0541. The van der Waals surface area contributed by atoms with E-state index >= 15 is 0 Å². The summed E-state index contributed by atoms with van der Waals surface area (Å²) in [7, 11) is -3.37. The Kier molecular flexibility index (Phi) is 4.60. The number of methoxy groups -OCH3 is 1. The van der Waals surface area contributed by atoms with Gasteiger partial charge in [-0.3, -0.25) is 4.72 Å². The summed E-state index contributed by atoms with van der Waals surface area (Å²) in [5.74, 6) is -5.93. The fourth-order valence-electron chi connectivity index (χ4n) is 1.75. The summed E-state index contributed by atoms with van der Waals surface area (Å²) in [5, 5.41) is 0. The highest BCUT2D eigenvalue weighted by Crippen LogP contribution is 2.23. The Morgan fingerprint density at radius 3 is 2.43 bits per heavy atom. The number of hydrogen-bond donors (Lipinski definition) is 1. The van der Waals surface area contributed by atoms with E-state index in [0.717, 1.165) is 13.2 Å². The van der Waals surface area contributed by atoms with Crippen LogP contribution in [0.3, 0.4) is 0 Å². The summed E-state index contributed by atoms with van der Waals surface area (Å²) in [6.07, 6.45) is 0. The quantitative estimate of drug-likeness (QED) is 0.683. The molecule has 0 amide bonds. The van der Waals surface area contributed by atoms with Gasteiger partial charge >= 0.3 is 5.97 Å². The van der Waals surface area contributed by atoms with Crippen molar-refractivity contribution in [2.24, 2.45) is 0 Å². The van der Waals surface area contributed by atoms with E-state index in [1.807, 2.05) is 4.72 Å². The van der Waals surface area contributed by atoms with Crippen LogP contribution in [0.5, 0.6) is 0 Å². The first-order valence-electron chi connectivity index (χ1n) is 6.11. The monoisotopic (exact) mass is 345 g/mol. The van der Waals surface area contributed by atoms with Crippen LogP contribution in [0.4, 0.5) is 18.9 Å². The van der Waals surface area contributed by atoms with Gasteiger partial charge in [0.2, 0.25) is 0 Å². The molecule has 0 heterocycles. The first-order valence-corrected chi connectivity index (χ1v) is 7.59. The van der Waals surface area contributed by atoms with E-state index in [9.17, 15) is 26.4 Å². The molecule has 0 fully saturated rings. The summed E-state index contributed by atoms with van der Waals surface area (Å²) < 4.78 is 70.3. The van der Waals surface area contributed by atoms with Crippen molar-refractivity contribution in [2.75, 3.05) is 11.8 Å². The molecule has 9 heteroatoms. The maximum absolute atomic E-state index is 13.6. The van der Waals surface area contributed by atoms with Crippen LogP contribution in [0.1, 0.15) is 10.4 Å². The third kappa shape index (κ3) is 3.45. The minimum Gasteiger partial charge on any atom is -0.465 e. The van der Waals surface area contributed by atoms with Crippen LogP contribution in [0.2, 0.25) is 0 Å². The molecule has 2 rings (SSSR count). The van der Waals surface area contributed by atoms with E-state index in [0.29, 0.717) is 12.1 Å². The number of ether oxygens (including phenoxy) is 1. The van der Waals surface area contributed by atoms with E-state index in [4.69, 9.17) is 0 Å². The topological polar surface area (TPSA) is 72.5 Å². The highest BCUT2D eigenvalue weighted by Gasteiger charge is 2.24. The molecular formula is C14H10F3NO4S. The highest BCUT2D eigenvalue weighted by atomic mass is 32.2. The molecule has 23 heavy (non-hydrogen) atoms. The number of sulfonamides is 1. The van der Waals surface area contributed by atoms with Crippen molar-refractivity contribution in [1.29, 1.82) is 0 Å². The first kappa shape index (κ1) is 16.8. The lowest BCUT2D eigenvalue weighted by molar-refractivity contribution is 0.0600. The van der Waals surface area contributed by atoms with E-state index in [-0.39, 0.29) is 11.3 Å². The molecule has 0 spiro atoms. The Labute approximate surface area is 129 Å². The molecule has 0 saturated heterocycles. The lowest BCUT2D eigenvalue weighted by Crippen LogP contribution is -2.16. The van der Waals surface area contributed by atoms with Gasteiger partial charge in [-0.25, -0.2) is 26.4 Å². The predicted molar refractivity (Wildman–Crippen MR) is 74.9 cm³/mol. The van der Waals surface area contributed by atoms with Gasteiger partial charge in [0.15, 0.2) is 17.5 Å². The van der Waals surface area contributed by atoms with Crippen LogP contribution in [0.25, 0.3) is 0 Å². The number of carbonyl (C=O) groups excluding carboxylic acids is 1. The van der Waals surface area contributed by atoms with Gasteiger partial charge in [0.25, 0.3) is 10.0 Å². The first-order chi connectivity index (χ1) is 10.8. The molecule has 0 saturated carbocycles. The van der Waals surface area contributed by atoms with Gasteiger partial charge in [-0.05, 0) is 30.3 Å². The van der Waals surface area contributed by atoms with Crippen molar-refractivity contribution in [3.63, 3.8) is 0 Å². The van der Waals surface area contributed by atoms with Crippen molar-refractivity contribution < 1.29 is 31.1 Å². The van der Waals surface area contributed by atoms with Gasteiger partial charge in [0, 0.05) is 5.69 Å². The van der Waals surface area contributed by atoms with E-state index in [1.165, 1.54) is 18.2 Å². The summed E-state index contributed by atoms with van der Waals surface area (Å²) in [4.78, 5) is 10.3. The Morgan fingerprint density at radius 2 is 1.78 bits per heavy atom. The van der Waals surface area contributed by atoms with Crippen molar-refractivity contribution in [3.8, 4) is 0 Å². The second-order valence-corrected chi connectivity index (χ2v) is 6.00. The third-order valence-corrected chi connectivity index (χ3v) is 4.22. The number of halogens is 3. The van der Waals surface area contributed by atoms with Crippen LogP contribution < -0.4 is 4.72 Å². The number of rotatable bonds is 4. The van der Waals surface area contributed by atoms with Gasteiger partial charge < -0.3 is 4.74 Å². The minimum atomic E-state index is -4.52. The Balaban J connectivity index is 2.40. The average Bonchev–Trinajstić information content (AvgIpc) is 2.51. The molecular weight excluding hydrogens is 335 g/mol. The van der Waals surface area contributed by atoms with Crippen LogP contribution >= 0.6 is 0 Å². The van der Waals surface area contributed by atoms with Gasteiger partial charge in [-0.1, -0.05) is 6.07 Å². The molecule has 0 unspecified atom stereocenters. The molecule has 5 nitrogen and oxygen atoms in total. The van der Waals surface area contributed by atoms with Gasteiger partial charge in [-0.15, -0.1) is 0 Å². The van der Waals surface area contributed by atoms with Gasteiger partial charge in [-0.2, -0.15) is 0 Å². The smallest absolute Gasteiger partial charge is 0.337 e. The summed E-state index contributed by atoms with van der Waals surface area (Å²) in [6.45, 7) is 0. The number of nitrogens with one attached hydrogen (secondary N) is 1. The number of benzene rings is 2. The predicted octanol–water partition coefficient (Wildman–Crippen LogP) is 2.69.